The second-order valence-corrected chi connectivity index (χ2v) is 5.59. The van der Waals surface area contributed by atoms with Crippen LogP contribution in [0.2, 0.25) is 0 Å². The van der Waals surface area contributed by atoms with Gasteiger partial charge in [-0.15, -0.1) is 0 Å². The number of amides is 1. The number of carbonyl (C=O) groups excluding carboxylic acids is 1. The summed E-state index contributed by atoms with van der Waals surface area (Å²) in [5, 5.41) is 6.43. The zero-order valence-electron chi connectivity index (χ0n) is 11.6. The van der Waals surface area contributed by atoms with E-state index in [0.29, 0.717) is 18.6 Å². The maximum absolute atomic E-state index is 11.8. The van der Waals surface area contributed by atoms with Crippen molar-refractivity contribution in [3.63, 3.8) is 0 Å². The molecule has 2 N–H and O–H groups in total. The van der Waals surface area contributed by atoms with Gasteiger partial charge in [-0.2, -0.15) is 0 Å². The van der Waals surface area contributed by atoms with Crippen LogP contribution in [0.3, 0.4) is 0 Å². The Kier molecular flexibility index (Phi) is 5.45. The Bertz CT molecular complexity index is 264. The summed E-state index contributed by atoms with van der Waals surface area (Å²) in [6.45, 7) is 5.79. The van der Waals surface area contributed by atoms with Crippen molar-refractivity contribution in [2.75, 3.05) is 26.2 Å². The van der Waals surface area contributed by atoms with Gasteiger partial charge in [-0.05, 0) is 38.8 Å². The fraction of sp³-hybridized carbons (Fsp3) is 0.929. The molecule has 2 aliphatic rings. The van der Waals surface area contributed by atoms with Crippen molar-refractivity contribution >= 4 is 5.91 Å². The summed E-state index contributed by atoms with van der Waals surface area (Å²) >= 11 is 0. The highest BCUT2D eigenvalue weighted by molar-refractivity contribution is 5.78. The van der Waals surface area contributed by atoms with E-state index < -0.39 is 0 Å². The number of nitrogens with zero attached hydrogens (tertiary/aromatic N) is 1. The van der Waals surface area contributed by atoms with Crippen LogP contribution in [0.15, 0.2) is 0 Å². The average molecular weight is 253 g/mol. The number of carbonyl (C=O) groups is 1. The van der Waals surface area contributed by atoms with Crippen LogP contribution in [-0.4, -0.2) is 49.1 Å². The fourth-order valence-corrected chi connectivity index (χ4v) is 3.20. The lowest BCUT2D eigenvalue weighted by molar-refractivity contribution is -0.120. The number of nitrogens with one attached hydrogen (secondary N) is 2. The molecule has 1 unspecified atom stereocenters. The summed E-state index contributed by atoms with van der Waals surface area (Å²) in [7, 11) is 0. The molecule has 104 valence electrons. The summed E-state index contributed by atoms with van der Waals surface area (Å²) in [6.07, 6.45) is 7.59. The van der Waals surface area contributed by atoms with Gasteiger partial charge in [-0.25, -0.2) is 0 Å². The van der Waals surface area contributed by atoms with Crippen molar-refractivity contribution in [2.45, 2.75) is 57.5 Å². The largest absolute Gasteiger partial charge is 0.353 e. The zero-order valence-corrected chi connectivity index (χ0v) is 11.6. The molecule has 1 saturated carbocycles. The molecule has 4 nitrogen and oxygen atoms in total. The number of likely N-dealkylation sites (N-methyl/N-ethyl adjacent to an activating group) is 1. The quantitative estimate of drug-likeness (QED) is 0.745. The number of hydrogen-bond acceptors (Lipinski definition) is 3. The van der Waals surface area contributed by atoms with Crippen LogP contribution in [0, 0.1) is 0 Å². The first kappa shape index (κ1) is 13.8. The SMILES string of the molecule is CCN1CCCC1CNC(=O)CNC1CCCC1. The van der Waals surface area contributed by atoms with Gasteiger partial charge < -0.3 is 10.6 Å². The van der Waals surface area contributed by atoms with Gasteiger partial charge in [0.25, 0.3) is 0 Å². The number of rotatable bonds is 6. The van der Waals surface area contributed by atoms with Crippen LogP contribution in [0.4, 0.5) is 0 Å². The molecule has 2 fully saturated rings. The smallest absolute Gasteiger partial charge is 0.234 e. The predicted molar refractivity (Wildman–Crippen MR) is 73.5 cm³/mol. The molecular weight excluding hydrogens is 226 g/mol. The summed E-state index contributed by atoms with van der Waals surface area (Å²) < 4.78 is 0. The Morgan fingerprint density at radius 1 is 1.22 bits per heavy atom. The van der Waals surface area contributed by atoms with E-state index in [1.54, 1.807) is 0 Å². The van der Waals surface area contributed by atoms with Crippen LogP contribution in [0.25, 0.3) is 0 Å². The van der Waals surface area contributed by atoms with Crippen LogP contribution in [0.5, 0.6) is 0 Å². The van der Waals surface area contributed by atoms with Gasteiger partial charge >= 0.3 is 0 Å². The van der Waals surface area contributed by atoms with E-state index in [1.807, 2.05) is 0 Å². The van der Waals surface area contributed by atoms with Crippen molar-refractivity contribution in [3.05, 3.63) is 0 Å². The van der Waals surface area contributed by atoms with E-state index in [-0.39, 0.29) is 5.91 Å². The predicted octanol–water partition coefficient (Wildman–Crippen LogP) is 1.12. The molecule has 1 aliphatic carbocycles. The monoisotopic (exact) mass is 253 g/mol. The zero-order chi connectivity index (χ0) is 12.8. The molecular formula is C14H27N3O. The van der Waals surface area contributed by atoms with Gasteiger partial charge in [-0.1, -0.05) is 19.8 Å². The minimum absolute atomic E-state index is 0.157. The van der Waals surface area contributed by atoms with Crippen LogP contribution in [0.1, 0.15) is 45.4 Å². The molecule has 1 atom stereocenters. The molecule has 2 rings (SSSR count). The summed E-state index contributed by atoms with van der Waals surface area (Å²) in [5.74, 6) is 0.157. The number of likely N-dealkylation sites (tertiary alicyclic amines) is 1. The Labute approximate surface area is 110 Å². The summed E-state index contributed by atoms with van der Waals surface area (Å²) in [5.41, 5.74) is 0. The van der Waals surface area contributed by atoms with Crippen molar-refractivity contribution in [1.29, 1.82) is 0 Å². The Morgan fingerprint density at radius 3 is 2.72 bits per heavy atom. The first-order valence-corrected chi connectivity index (χ1v) is 7.53. The Morgan fingerprint density at radius 2 is 2.00 bits per heavy atom. The normalized spacial score (nSPS) is 25.7. The van der Waals surface area contributed by atoms with Crippen molar-refractivity contribution in [2.24, 2.45) is 0 Å². The third kappa shape index (κ3) is 3.95. The maximum atomic E-state index is 11.8. The van der Waals surface area contributed by atoms with E-state index in [1.165, 1.54) is 45.1 Å². The lowest BCUT2D eigenvalue weighted by Crippen LogP contribution is -2.44. The lowest BCUT2D eigenvalue weighted by atomic mass is 10.2. The first-order valence-electron chi connectivity index (χ1n) is 7.53. The second kappa shape index (κ2) is 7.10. The highest BCUT2D eigenvalue weighted by Gasteiger charge is 2.23. The number of hydrogen-bond donors (Lipinski definition) is 2. The summed E-state index contributed by atoms with van der Waals surface area (Å²) in [4.78, 5) is 14.2. The lowest BCUT2D eigenvalue weighted by Gasteiger charge is -2.23. The van der Waals surface area contributed by atoms with E-state index in [0.717, 1.165) is 13.1 Å². The fourth-order valence-electron chi connectivity index (χ4n) is 3.20. The van der Waals surface area contributed by atoms with E-state index in [9.17, 15) is 4.79 Å². The third-order valence-electron chi connectivity index (χ3n) is 4.35. The third-order valence-corrected chi connectivity index (χ3v) is 4.35. The highest BCUT2D eigenvalue weighted by atomic mass is 16.1. The molecule has 0 aromatic carbocycles. The van der Waals surface area contributed by atoms with Gasteiger partial charge in [0, 0.05) is 18.6 Å². The molecule has 0 bridgehead atoms. The van der Waals surface area contributed by atoms with Gasteiger partial charge in [0.2, 0.25) is 5.91 Å². The Hall–Kier alpha value is -0.610. The molecule has 0 spiro atoms. The Balaban J connectivity index is 1.59. The van der Waals surface area contributed by atoms with E-state index in [4.69, 9.17) is 0 Å². The van der Waals surface area contributed by atoms with E-state index >= 15 is 0 Å². The molecule has 0 aromatic rings. The van der Waals surface area contributed by atoms with Gasteiger partial charge in [-0.3, -0.25) is 9.69 Å². The average Bonchev–Trinajstić information content (AvgIpc) is 3.04. The molecule has 1 aliphatic heterocycles. The first-order chi connectivity index (χ1) is 8.79. The van der Waals surface area contributed by atoms with Crippen molar-refractivity contribution < 1.29 is 4.79 Å². The molecule has 1 amide bonds. The molecule has 0 aromatic heterocycles. The molecule has 1 heterocycles. The van der Waals surface area contributed by atoms with Crippen LogP contribution in [-0.2, 0) is 4.79 Å². The van der Waals surface area contributed by atoms with Crippen molar-refractivity contribution in [1.82, 2.24) is 15.5 Å². The van der Waals surface area contributed by atoms with Gasteiger partial charge in [0.15, 0.2) is 0 Å². The van der Waals surface area contributed by atoms with Gasteiger partial charge in [0.1, 0.15) is 0 Å². The van der Waals surface area contributed by atoms with Crippen LogP contribution < -0.4 is 10.6 Å². The molecule has 4 heteroatoms. The van der Waals surface area contributed by atoms with Crippen molar-refractivity contribution in [3.8, 4) is 0 Å². The second-order valence-electron chi connectivity index (χ2n) is 5.59. The molecule has 1 saturated heterocycles. The maximum Gasteiger partial charge on any atom is 0.234 e. The minimum atomic E-state index is 0.157. The summed E-state index contributed by atoms with van der Waals surface area (Å²) in [6, 6.07) is 1.14. The molecule has 0 radical (unpaired) electrons. The highest BCUT2D eigenvalue weighted by Crippen LogP contribution is 2.17. The van der Waals surface area contributed by atoms with Crippen LogP contribution >= 0.6 is 0 Å². The topological polar surface area (TPSA) is 44.4 Å². The molecule has 18 heavy (non-hydrogen) atoms. The van der Waals surface area contributed by atoms with E-state index in [2.05, 4.69) is 22.5 Å². The minimum Gasteiger partial charge on any atom is -0.353 e. The van der Waals surface area contributed by atoms with Gasteiger partial charge in [0.05, 0.1) is 6.54 Å². The standard InChI is InChI=1S/C14H27N3O/c1-2-17-9-5-8-13(17)10-16-14(18)11-15-12-6-3-4-7-12/h12-13,15H,2-11H2,1H3,(H,16,18).